The first kappa shape index (κ1) is 16.2. The minimum Gasteiger partial charge on any atom is -0.465 e. The summed E-state index contributed by atoms with van der Waals surface area (Å²) >= 11 is 1.59. The van der Waals surface area contributed by atoms with E-state index in [1.54, 1.807) is 11.8 Å². The number of hydrogen-bond donors (Lipinski definition) is 1. The molecule has 1 aliphatic rings. The van der Waals surface area contributed by atoms with Gasteiger partial charge in [0.1, 0.15) is 6.04 Å². The first-order valence-corrected chi connectivity index (χ1v) is 8.44. The summed E-state index contributed by atoms with van der Waals surface area (Å²) in [6.07, 6.45) is 3.04. The first-order valence-electron chi connectivity index (χ1n) is 7.46. The van der Waals surface area contributed by atoms with Crippen molar-refractivity contribution in [1.29, 1.82) is 0 Å². The molecule has 116 valence electrons. The van der Waals surface area contributed by atoms with Gasteiger partial charge in [0.25, 0.3) is 0 Å². The minimum atomic E-state index is -0.212. The maximum atomic E-state index is 11.9. The quantitative estimate of drug-likeness (QED) is 0.451. The van der Waals surface area contributed by atoms with Crippen LogP contribution in [0.5, 0.6) is 0 Å². The summed E-state index contributed by atoms with van der Waals surface area (Å²) in [6, 6.07) is 2.23. The highest BCUT2D eigenvalue weighted by Gasteiger charge is 2.28. The number of carbonyl (C=O) groups is 1. The summed E-state index contributed by atoms with van der Waals surface area (Å²) in [4.78, 5) is 20.7. The zero-order chi connectivity index (χ0) is 15.2. The van der Waals surface area contributed by atoms with Gasteiger partial charge >= 0.3 is 5.97 Å². The van der Waals surface area contributed by atoms with Crippen LogP contribution in [0.3, 0.4) is 0 Å². The summed E-state index contributed by atoms with van der Waals surface area (Å²) < 4.78 is 5.13. The van der Waals surface area contributed by atoms with Crippen LogP contribution in [-0.2, 0) is 9.53 Å². The zero-order valence-electron chi connectivity index (χ0n) is 12.9. The van der Waals surface area contributed by atoms with Gasteiger partial charge in [0.05, 0.1) is 6.61 Å². The van der Waals surface area contributed by atoms with Gasteiger partial charge in [-0.3, -0.25) is 4.79 Å². The molecule has 1 heterocycles. The molecule has 0 aromatic carbocycles. The first-order chi connectivity index (χ1) is 10.1. The van der Waals surface area contributed by atoms with Crippen LogP contribution in [0.25, 0.3) is 0 Å². The number of aromatic nitrogens is 2. The molecule has 1 unspecified atom stereocenters. The molecule has 0 amide bonds. The SMILES string of the molecule is CCOC(=O)C(CCSc1nc(C)cc(C)n1)NC1CC1. The van der Waals surface area contributed by atoms with Crippen LogP contribution in [0.15, 0.2) is 11.2 Å². The molecule has 1 atom stereocenters. The van der Waals surface area contributed by atoms with Gasteiger partial charge in [0, 0.05) is 23.2 Å². The molecule has 1 N–H and O–H groups in total. The van der Waals surface area contributed by atoms with E-state index in [4.69, 9.17) is 4.74 Å². The largest absolute Gasteiger partial charge is 0.465 e. The van der Waals surface area contributed by atoms with Crippen molar-refractivity contribution in [1.82, 2.24) is 15.3 Å². The maximum Gasteiger partial charge on any atom is 0.323 e. The average molecular weight is 309 g/mol. The highest BCUT2D eigenvalue weighted by Crippen LogP contribution is 2.22. The summed E-state index contributed by atoms with van der Waals surface area (Å²) in [6.45, 7) is 6.20. The lowest BCUT2D eigenvalue weighted by molar-refractivity contribution is -0.145. The Balaban J connectivity index is 1.84. The Morgan fingerprint density at radius 2 is 2.10 bits per heavy atom. The van der Waals surface area contributed by atoms with E-state index >= 15 is 0 Å². The van der Waals surface area contributed by atoms with Crippen molar-refractivity contribution < 1.29 is 9.53 Å². The lowest BCUT2D eigenvalue weighted by Crippen LogP contribution is -2.39. The molecule has 1 saturated carbocycles. The van der Waals surface area contributed by atoms with Gasteiger partial charge < -0.3 is 10.1 Å². The second-order valence-electron chi connectivity index (χ2n) is 5.32. The van der Waals surface area contributed by atoms with E-state index in [0.717, 1.165) is 41.6 Å². The van der Waals surface area contributed by atoms with E-state index in [0.29, 0.717) is 12.6 Å². The Hall–Kier alpha value is -1.14. The number of carbonyl (C=O) groups excluding carboxylic acids is 1. The molecule has 21 heavy (non-hydrogen) atoms. The predicted octanol–water partition coefficient (Wildman–Crippen LogP) is 2.26. The van der Waals surface area contributed by atoms with E-state index in [2.05, 4.69) is 15.3 Å². The average Bonchev–Trinajstić information content (AvgIpc) is 3.20. The van der Waals surface area contributed by atoms with Crippen molar-refractivity contribution in [3.63, 3.8) is 0 Å². The molecule has 6 heteroatoms. The molecule has 1 aromatic heterocycles. The number of ether oxygens (including phenoxy) is 1. The van der Waals surface area contributed by atoms with Crippen LogP contribution in [0, 0.1) is 13.8 Å². The lowest BCUT2D eigenvalue weighted by atomic mass is 10.2. The topological polar surface area (TPSA) is 64.1 Å². The normalized spacial score (nSPS) is 15.8. The fourth-order valence-corrected chi connectivity index (χ4v) is 3.03. The Morgan fingerprint density at radius 1 is 1.43 bits per heavy atom. The van der Waals surface area contributed by atoms with Crippen LogP contribution >= 0.6 is 11.8 Å². The third-order valence-electron chi connectivity index (χ3n) is 3.18. The fourth-order valence-electron chi connectivity index (χ4n) is 2.07. The van der Waals surface area contributed by atoms with Gasteiger partial charge in [-0.1, -0.05) is 11.8 Å². The maximum absolute atomic E-state index is 11.9. The van der Waals surface area contributed by atoms with Crippen molar-refractivity contribution in [3.05, 3.63) is 17.5 Å². The molecule has 1 aromatic rings. The van der Waals surface area contributed by atoms with Crippen LogP contribution in [0.4, 0.5) is 0 Å². The molecule has 0 radical (unpaired) electrons. The van der Waals surface area contributed by atoms with Crippen molar-refractivity contribution in [3.8, 4) is 0 Å². The molecule has 5 nitrogen and oxygen atoms in total. The highest BCUT2D eigenvalue weighted by molar-refractivity contribution is 7.99. The molecular formula is C15H23N3O2S. The molecule has 2 rings (SSSR count). The van der Waals surface area contributed by atoms with E-state index in [-0.39, 0.29) is 12.0 Å². The van der Waals surface area contributed by atoms with Gasteiger partial charge in [-0.25, -0.2) is 9.97 Å². The molecular weight excluding hydrogens is 286 g/mol. The van der Waals surface area contributed by atoms with Gasteiger partial charge in [-0.05, 0) is 46.1 Å². The number of nitrogens with zero attached hydrogens (tertiary/aromatic N) is 2. The van der Waals surface area contributed by atoms with E-state index in [1.807, 2.05) is 26.8 Å². The van der Waals surface area contributed by atoms with E-state index in [9.17, 15) is 4.79 Å². The van der Waals surface area contributed by atoms with Gasteiger partial charge in [-0.2, -0.15) is 0 Å². The van der Waals surface area contributed by atoms with E-state index in [1.165, 1.54) is 0 Å². The number of thioether (sulfide) groups is 1. The summed E-state index contributed by atoms with van der Waals surface area (Å²) in [7, 11) is 0. The monoisotopic (exact) mass is 309 g/mol. The Kier molecular flexibility index (Phi) is 5.99. The Morgan fingerprint density at radius 3 is 2.67 bits per heavy atom. The highest BCUT2D eigenvalue weighted by atomic mass is 32.2. The van der Waals surface area contributed by atoms with Crippen molar-refractivity contribution in [2.75, 3.05) is 12.4 Å². The number of rotatable bonds is 8. The standard InChI is InChI=1S/C15H23N3O2S/c1-4-20-14(19)13(18-12-5-6-12)7-8-21-15-16-10(2)9-11(3)17-15/h9,12-13,18H,4-8H2,1-3H3. The predicted molar refractivity (Wildman–Crippen MR) is 83.4 cm³/mol. The second kappa shape index (κ2) is 7.75. The zero-order valence-corrected chi connectivity index (χ0v) is 13.7. The minimum absolute atomic E-state index is 0.147. The van der Waals surface area contributed by atoms with Crippen LogP contribution < -0.4 is 5.32 Å². The Bertz CT molecular complexity index is 472. The molecule has 0 bridgehead atoms. The summed E-state index contributed by atoms with van der Waals surface area (Å²) in [5.41, 5.74) is 1.95. The summed E-state index contributed by atoms with van der Waals surface area (Å²) in [5, 5.41) is 4.14. The number of hydrogen-bond acceptors (Lipinski definition) is 6. The smallest absolute Gasteiger partial charge is 0.323 e. The van der Waals surface area contributed by atoms with Crippen LogP contribution in [-0.4, -0.2) is 40.4 Å². The summed E-state index contributed by atoms with van der Waals surface area (Å²) in [5.74, 6) is 0.651. The van der Waals surface area contributed by atoms with E-state index < -0.39 is 0 Å². The molecule has 0 spiro atoms. The van der Waals surface area contributed by atoms with Gasteiger partial charge in [0.15, 0.2) is 5.16 Å². The lowest BCUT2D eigenvalue weighted by Gasteiger charge is -2.16. The molecule has 1 aliphatic carbocycles. The van der Waals surface area contributed by atoms with Crippen molar-refractivity contribution in [2.24, 2.45) is 0 Å². The molecule has 0 saturated heterocycles. The van der Waals surface area contributed by atoms with Crippen molar-refractivity contribution in [2.45, 2.75) is 57.3 Å². The third kappa shape index (κ3) is 5.63. The number of nitrogens with one attached hydrogen (secondary N) is 1. The number of aryl methyl sites for hydroxylation is 2. The number of esters is 1. The molecule has 1 fully saturated rings. The van der Waals surface area contributed by atoms with Gasteiger partial charge in [-0.15, -0.1) is 0 Å². The van der Waals surface area contributed by atoms with Gasteiger partial charge in [0.2, 0.25) is 0 Å². The second-order valence-corrected chi connectivity index (χ2v) is 6.38. The molecule has 0 aliphatic heterocycles. The van der Waals surface area contributed by atoms with Crippen LogP contribution in [0.2, 0.25) is 0 Å². The third-order valence-corrected chi connectivity index (χ3v) is 4.07. The Labute approximate surface area is 130 Å². The van der Waals surface area contributed by atoms with Crippen molar-refractivity contribution >= 4 is 17.7 Å². The van der Waals surface area contributed by atoms with Crippen LogP contribution in [0.1, 0.15) is 37.6 Å². The fraction of sp³-hybridized carbons (Fsp3) is 0.667.